The SMILES string of the molecule is CCC(Sc1cccc(NC(=O)/C(=C\c2ccc(-c3ccccc3)cc2)NC(=O)c2ccccc2)c1)C(=O)Nc1ccccn1. The molecule has 8 heteroatoms. The van der Waals surface area contributed by atoms with Crippen LogP contribution in [0.3, 0.4) is 0 Å². The fourth-order valence-electron chi connectivity index (χ4n) is 4.49. The highest BCUT2D eigenvalue weighted by Gasteiger charge is 2.20. The van der Waals surface area contributed by atoms with Crippen molar-refractivity contribution in [1.82, 2.24) is 10.3 Å². The van der Waals surface area contributed by atoms with Crippen LogP contribution in [0.5, 0.6) is 0 Å². The fourth-order valence-corrected chi connectivity index (χ4v) is 5.50. The molecule has 0 saturated carbocycles. The first kappa shape index (κ1) is 31.0. The van der Waals surface area contributed by atoms with E-state index in [1.165, 1.54) is 11.8 Å². The van der Waals surface area contributed by atoms with Crippen molar-refractivity contribution in [2.45, 2.75) is 23.5 Å². The van der Waals surface area contributed by atoms with Gasteiger partial charge in [0.05, 0.1) is 5.25 Å². The maximum atomic E-state index is 13.6. The molecule has 0 bridgehead atoms. The molecule has 0 radical (unpaired) electrons. The number of benzene rings is 4. The normalized spacial score (nSPS) is 11.7. The average Bonchev–Trinajstić information content (AvgIpc) is 3.08. The summed E-state index contributed by atoms with van der Waals surface area (Å²) >= 11 is 1.40. The summed E-state index contributed by atoms with van der Waals surface area (Å²) in [6.45, 7) is 1.94. The highest BCUT2D eigenvalue weighted by atomic mass is 32.2. The van der Waals surface area contributed by atoms with E-state index in [4.69, 9.17) is 0 Å². The molecular formula is C37H32N4O3S. The molecule has 0 fully saturated rings. The third kappa shape index (κ3) is 8.78. The van der Waals surface area contributed by atoms with E-state index < -0.39 is 11.8 Å². The lowest BCUT2D eigenvalue weighted by Crippen LogP contribution is -2.30. The largest absolute Gasteiger partial charge is 0.321 e. The molecule has 3 N–H and O–H groups in total. The molecule has 224 valence electrons. The number of thioether (sulfide) groups is 1. The molecule has 0 aliphatic carbocycles. The van der Waals surface area contributed by atoms with Gasteiger partial charge in [-0.1, -0.05) is 91.9 Å². The first-order valence-corrected chi connectivity index (χ1v) is 15.4. The fraction of sp³-hybridized carbons (Fsp3) is 0.0811. The lowest BCUT2D eigenvalue weighted by Gasteiger charge is -2.15. The molecule has 0 aliphatic rings. The molecule has 4 aromatic carbocycles. The van der Waals surface area contributed by atoms with Gasteiger partial charge in [-0.25, -0.2) is 4.98 Å². The Morgan fingerprint density at radius 3 is 2.13 bits per heavy atom. The zero-order valence-corrected chi connectivity index (χ0v) is 25.5. The molecule has 1 heterocycles. The number of anilines is 2. The van der Waals surface area contributed by atoms with Gasteiger partial charge in [0, 0.05) is 22.3 Å². The molecule has 0 spiro atoms. The summed E-state index contributed by atoms with van der Waals surface area (Å²) < 4.78 is 0. The Morgan fingerprint density at radius 1 is 0.756 bits per heavy atom. The highest BCUT2D eigenvalue weighted by molar-refractivity contribution is 8.00. The summed E-state index contributed by atoms with van der Waals surface area (Å²) in [5.41, 5.74) is 3.94. The van der Waals surface area contributed by atoms with E-state index in [0.29, 0.717) is 23.5 Å². The van der Waals surface area contributed by atoms with E-state index in [1.54, 1.807) is 54.7 Å². The molecule has 0 aliphatic heterocycles. The number of rotatable bonds is 11. The van der Waals surface area contributed by atoms with Crippen LogP contribution >= 0.6 is 11.8 Å². The maximum Gasteiger partial charge on any atom is 0.272 e. The molecule has 1 atom stereocenters. The van der Waals surface area contributed by atoms with Crippen LogP contribution in [0.2, 0.25) is 0 Å². The number of pyridine rings is 1. The Balaban J connectivity index is 1.33. The van der Waals surface area contributed by atoms with E-state index in [1.807, 2.05) is 91.9 Å². The van der Waals surface area contributed by atoms with Gasteiger partial charge in [0.2, 0.25) is 5.91 Å². The minimum atomic E-state index is -0.478. The lowest BCUT2D eigenvalue weighted by molar-refractivity contribution is -0.116. The van der Waals surface area contributed by atoms with Crippen molar-refractivity contribution >= 4 is 47.1 Å². The summed E-state index contributed by atoms with van der Waals surface area (Å²) in [7, 11) is 0. The van der Waals surface area contributed by atoms with Gasteiger partial charge in [0.15, 0.2) is 0 Å². The molecular weight excluding hydrogens is 580 g/mol. The van der Waals surface area contributed by atoms with Crippen LogP contribution in [0.4, 0.5) is 11.5 Å². The van der Waals surface area contributed by atoms with Crippen LogP contribution in [0.15, 0.2) is 144 Å². The zero-order valence-electron chi connectivity index (χ0n) is 24.6. The first-order chi connectivity index (χ1) is 22.0. The van der Waals surface area contributed by atoms with Crippen LogP contribution in [0.25, 0.3) is 17.2 Å². The molecule has 7 nitrogen and oxygen atoms in total. The van der Waals surface area contributed by atoms with Gasteiger partial charge < -0.3 is 16.0 Å². The van der Waals surface area contributed by atoms with Crippen LogP contribution in [-0.2, 0) is 9.59 Å². The predicted octanol–water partition coefficient (Wildman–Crippen LogP) is 7.67. The van der Waals surface area contributed by atoms with Crippen molar-refractivity contribution < 1.29 is 14.4 Å². The van der Waals surface area contributed by atoms with Crippen LogP contribution in [0, 0.1) is 0 Å². The van der Waals surface area contributed by atoms with Crippen LogP contribution < -0.4 is 16.0 Å². The Bertz CT molecular complexity index is 1780. The van der Waals surface area contributed by atoms with Gasteiger partial charge in [-0.2, -0.15) is 0 Å². The second kappa shape index (κ2) is 15.3. The van der Waals surface area contributed by atoms with Crippen LogP contribution in [0.1, 0.15) is 29.3 Å². The van der Waals surface area contributed by atoms with Gasteiger partial charge in [-0.05, 0) is 71.7 Å². The second-order valence-electron chi connectivity index (χ2n) is 10.1. The summed E-state index contributed by atoms with van der Waals surface area (Å²) in [4.78, 5) is 44.6. The summed E-state index contributed by atoms with van der Waals surface area (Å²) in [5.74, 6) is -0.530. The molecule has 45 heavy (non-hydrogen) atoms. The molecule has 5 rings (SSSR count). The van der Waals surface area contributed by atoms with Crippen molar-refractivity contribution in [2.75, 3.05) is 10.6 Å². The highest BCUT2D eigenvalue weighted by Crippen LogP contribution is 2.29. The van der Waals surface area contributed by atoms with Crippen LogP contribution in [-0.4, -0.2) is 28.0 Å². The van der Waals surface area contributed by atoms with Gasteiger partial charge in [-0.3, -0.25) is 14.4 Å². The van der Waals surface area contributed by atoms with Crippen molar-refractivity contribution in [3.8, 4) is 11.1 Å². The van der Waals surface area contributed by atoms with Crippen molar-refractivity contribution in [2.24, 2.45) is 0 Å². The standard InChI is InChI=1S/C37H32N4O3S/c1-2-33(37(44)41-34-18-9-10-23-38-34)45-31-17-11-16-30(25-31)39-36(43)32(40-35(42)29-14-7-4-8-15-29)24-26-19-21-28(22-20-26)27-12-5-3-6-13-27/h3-25,33H,2H2,1H3,(H,39,43)(H,40,42)(H,38,41,44)/b32-24+. The van der Waals surface area contributed by atoms with E-state index in [9.17, 15) is 14.4 Å². The quantitative estimate of drug-likeness (QED) is 0.105. The smallest absolute Gasteiger partial charge is 0.272 e. The third-order valence-corrected chi connectivity index (χ3v) is 8.17. The third-order valence-electron chi connectivity index (χ3n) is 6.81. The zero-order chi connectivity index (χ0) is 31.4. The topological polar surface area (TPSA) is 100 Å². The van der Waals surface area contributed by atoms with E-state index >= 15 is 0 Å². The van der Waals surface area contributed by atoms with Crippen molar-refractivity contribution in [3.05, 3.63) is 150 Å². The first-order valence-electron chi connectivity index (χ1n) is 14.5. The van der Waals surface area contributed by atoms with Crippen molar-refractivity contribution in [1.29, 1.82) is 0 Å². The summed E-state index contributed by atoms with van der Waals surface area (Å²) in [6.07, 6.45) is 3.88. The number of carbonyl (C=O) groups is 3. The Labute approximate surface area is 266 Å². The Kier molecular flexibility index (Phi) is 10.5. The number of nitrogens with one attached hydrogen (secondary N) is 3. The van der Waals surface area contributed by atoms with Gasteiger partial charge >= 0.3 is 0 Å². The minimum absolute atomic E-state index is 0.0931. The molecule has 0 saturated heterocycles. The molecule has 1 unspecified atom stereocenters. The number of hydrogen-bond donors (Lipinski definition) is 3. The van der Waals surface area contributed by atoms with E-state index in [-0.39, 0.29) is 16.9 Å². The van der Waals surface area contributed by atoms with Crippen molar-refractivity contribution in [3.63, 3.8) is 0 Å². The minimum Gasteiger partial charge on any atom is -0.321 e. The van der Waals surface area contributed by atoms with E-state index in [2.05, 4.69) is 20.9 Å². The number of aromatic nitrogens is 1. The lowest BCUT2D eigenvalue weighted by atomic mass is 10.0. The predicted molar refractivity (Wildman–Crippen MR) is 182 cm³/mol. The van der Waals surface area contributed by atoms with Gasteiger partial charge in [0.1, 0.15) is 11.5 Å². The number of hydrogen-bond acceptors (Lipinski definition) is 5. The molecule has 5 aromatic rings. The molecule has 3 amide bonds. The van der Waals surface area contributed by atoms with Gasteiger partial charge in [0.25, 0.3) is 11.8 Å². The summed E-state index contributed by atoms with van der Waals surface area (Å²) in [6, 6.07) is 39.1. The Hall–Kier alpha value is -5.47. The molecule has 1 aromatic heterocycles. The summed E-state index contributed by atoms with van der Waals surface area (Å²) in [5, 5.41) is 8.19. The number of carbonyl (C=O) groups excluding carboxylic acids is 3. The van der Waals surface area contributed by atoms with Gasteiger partial charge in [-0.15, -0.1) is 11.8 Å². The monoisotopic (exact) mass is 612 g/mol. The maximum absolute atomic E-state index is 13.6. The van der Waals surface area contributed by atoms with E-state index in [0.717, 1.165) is 21.6 Å². The number of nitrogens with zero attached hydrogens (tertiary/aromatic N) is 1. The second-order valence-corrected chi connectivity index (χ2v) is 11.3. The average molecular weight is 613 g/mol. The Morgan fingerprint density at radius 2 is 1.44 bits per heavy atom. The number of amides is 3.